The van der Waals surface area contributed by atoms with Crippen molar-refractivity contribution in [2.45, 2.75) is 19.8 Å². The summed E-state index contributed by atoms with van der Waals surface area (Å²) >= 11 is 0. The van der Waals surface area contributed by atoms with Crippen molar-refractivity contribution in [2.75, 3.05) is 7.11 Å². The fourth-order valence-electron chi connectivity index (χ4n) is 1.30. The molecule has 0 bridgehead atoms. The molecule has 3 nitrogen and oxygen atoms in total. The van der Waals surface area contributed by atoms with Gasteiger partial charge in [0.25, 0.3) is 0 Å². The highest BCUT2D eigenvalue weighted by molar-refractivity contribution is 5.70. The van der Waals surface area contributed by atoms with Gasteiger partial charge >= 0.3 is 5.97 Å². The van der Waals surface area contributed by atoms with Crippen LogP contribution in [0.4, 0.5) is 0 Å². The summed E-state index contributed by atoms with van der Waals surface area (Å²) in [4.78, 5) is 11.1. The molecule has 15 heavy (non-hydrogen) atoms. The lowest BCUT2D eigenvalue weighted by Crippen LogP contribution is -2.08. The maximum atomic E-state index is 11.1. The lowest BCUT2D eigenvalue weighted by Gasteiger charge is -2.08. The van der Waals surface area contributed by atoms with Crippen LogP contribution >= 0.6 is 0 Å². The Labute approximate surface area is 90.1 Å². The second-order valence-electron chi connectivity index (χ2n) is 3.60. The van der Waals surface area contributed by atoms with Gasteiger partial charge in [0.1, 0.15) is 5.76 Å². The molecule has 1 rings (SSSR count). The van der Waals surface area contributed by atoms with E-state index < -0.39 is 0 Å². The molecule has 0 radical (unpaired) electrons. The summed E-state index contributed by atoms with van der Waals surface area (Å²) in [5, 5.41) is 0. The van der Waals surface area contributed by atoms with Crippen LogP contribution in [0.5, 0.6) is 0 Å². The van der Waals surface area contributed by atoms with Crippen LogP contribution in [-0.4, -0.2) is 13.1 Å². The third kappa shape index (κ3) is 3.62. The zero-order valence-electron chi connectivity index (χ0n) is 9.16. The number of rotatable bonds is 4. The molecule has 0 aliphatic carbocycles. The predicted octanol–water partition coefficient (Wildman–Crippen LogP) is 2.56. The Morgan fingerprint density at radius 1 is 1.73 bits per heavy atom. The molecule has 0 spiro atoms. The van der Waals surface area contributed by atoms with E-state index in [9.17, 15) is 4.79 Å². The minimum atomic E-state index is -0.226. The second-order valence-corrected chi connectivity index (χ2v) is 3.60. The topological polar surface area (TPSA) is 35.5 Å². The third-order valence-corrected chi connectivity index (χ3v) is 2.15. The van der Waals surface area contributed by atoms with Gasteiger partial charge in [-0.2, -0.15) is 0 Å². The van der Waals surface area contributed by atoms with Gasteiger partial charge in [0.2, 0.25) is 0 Å². The molecule has 1 aliphatic heterocycles. The first-order valence-corrected chi connectivity index (χ1v) is 4.88. The predicted molar refractivity (Wildman–Crippen MR) is 57.9 cm³/mol. The summed E-state index contributed by atoms with van der Waals surface area (Å²) in [5.41, 5.74) is 1.06. The quantitative estimate of drug-likeness (QED) is 0.526. The van der Waals surface area contributed by atoms with Crippen LogP contribution in [0.1, 0.15) is 19.8 Å². The number of esters is 1. The van der Waals surface area contributed by atoms with Crippen molar-refractivity contribution >= 4 is 5.97 Å². The lowest BCUT2D eigenvalue weighted by molar-refractivity contribution is -0.141. The Hall–Kier alpha value is -1.51. The van der Waals surface area contributed by atoms with Gasteiger partial charge in [-0.3, -0.25) is 4.79 Å². The smallest absolute Gasteiger partial charge is 0.306 e. The molecule has 1 atom stereocenters. The van der Waals surface area contributed by atoms with Crippen molar-refractivity contribution in [3.05, 3.63) is 36.3 Å². The van der Waals surface area contributed by atoms with Gasteiger partial charge in [0, 0.05) is 5.92 Å². The van der Waals surface area contributed by atoms with Gasteiger partial charge in [0.15, 0.2) is 0 Å². The second kappa shape index (κ2) is 5.39. The van der Waals surface area contributed by atoms with E-state index in [2.05, 4.69) is 11.3 Å². The summed E-state index contributed by atoms with van der Waals surface area (Å²) in [6.07, 6.45) is 6.53. The monoisotopic (exact) mass is 208 g/mol. The van der Waals surface area contributed by atoms with Crippen LogP contribution in [-0.2, 0) is 14.3 Å². The van der Waals surface area contributed by atoms with E-state index in [1.54, 1.807) is 6.26 Å². The summed E-state index contributed by atoms with van der Waals surface area (Å²) in [6, 6.07) is 0. The van der Waals surface area contributed by atoms with Gasteiger partial charge in [0.05, 0.1) is 19.8 Å². The average molecular weight is 208 g/mol. The third-order valence-electron chi connectivity index (χ3n) is 2.15. The summed E-state index contributed by atoms with van der Waals surface area (Å²) in [5.74, 6) is 0.594. The van der Waals surface area contributed by atoms with Crippen LogP contribution in [0, 0.1) is 5.92 Å². The normalized spacial score (nSPS) is 21.5. The van der Waals surface area contributed by atoms with Gasteiger partial charge in [-0.25, -0.2) is 0 Å². The molecular formula is C12H16O3. The molecule has 82 valence electrons. The van der Waals surface area contributed by atoms with Crippen LogP contribution in [0.25, 0.3) is 0 Å². The standard InChI is InChI=1S/C12H16O3/c1-9(2)4-5-11-10(6-7-15-11)8-12(13)14-3/h5-7,10H,1,4,8H2,2-3H3. The highest BCUT2D eigenvalue weighted by Gasteiger charge is 2.21. The molecule has 0 aromatic carbocycles. The summed E-state index contributed by atoms with van der Waals surface area (Å²) in [7, 11) is 1.39. The maximum Gasteiger partial charge on any atom is 0.306 e. The summed E-state index contributed by atoms with van der Waals surface area (Å²) < 4.78 is 9.91. The van der Waals surface area contributed by atoms with Crippen LogP contribution in [0.3, 0.4) is 0 Å². The first-order valence-electron chi connectivity index (χ1n) is 4.88. The van der Waals surface area contributed by atoms with Crippen molar-refractivity contribution < 1.29 is 14.3 Å². The van der Waals surface area contributed by atoms with Gasteiger partial charge in [-0.15, -0.1) is 0 Å². The molecular weight excluding hydrogens is 192 g/mol. The molecule has 1 aliphatic rings. The molecule has 0 aromatic heterocycles. The van der Waals surface area contributed by atoms with E-state index >= 15 is 0 Å². The van der Waals surface area contributed by atoms with E-state index in [0.717, 1.165) is 17.8 Å². The van der Waals surface area contributed by atoms with E-state index in [-0.39, 0.29) is 11.9 Å². The Morgan fingerprint density at radius 2 is 2.47 bits per heavy atom. The molecule has 0 N–H and O–H groups in total. The number of hydrogen-bond donors (Lipinski definition) is 0. The number of carbonyl (C=O) groups excluding carboxylic acids is 1. The van der Waals surface area contributed by atoms with Crippen molar-refractivity contribution in [3.63, 3.8) is 0 Å². The Kier molecular flexibility index (Phi) is 4.16. The highest BCUT2D eigenvalue weighted by atomic mass is 16.5. The number of carbonyl (C=O) groups is 1. The number of methoxy groups -OCH3 is 1. The van der Waals surface area contributed by atoms with Crippen molar-refractivity contribution in [2.24, 2.45) is 5.92 Å². The molecule has 3 heteroatoms. The minimum absolute atomic E-state index is 0.0109. The number of ether oxygens (including phenoxy) is 2. The Balaban J connectivity index is 2.55. The lowest BCUT2D eigenvalue weighted by atomic mass is 10.0. The zero-order valence-corrected chi connectivity index (χ0v) is 9.16. The fourth-order valence-corrected chi connectivity index (χ4v) is 1.30. The van der Waals surface area contributed by atoms with Gasteiger partial charge in [-0.1, -0.05) is 12.2 Å². The van der Waals surface area contributed by atoms with Crippen LogP contribution < -0.4 is 0 Å². The highest BCUT2D eigenvalue weighted by Crippen LogP contribution is 2.26. The van der Waals surface area contributed by atoms with Gasteiger partial charge in [-0.05, 0) is 25.5 Å². The van der Waals surface area contributed by atoms with E-state index in [1.165, 1.54) is 7.11 Å². The minimum Gasteiger partial charge on any atom is -0.469 e. The first kappa shape index (κ1) is 11.6. The molecule has 0 fully saturated rings. The van der Waals surface area contributed by atoms with Crippen LogP contribution in [0.15, 0.2) is 36.3 Å². The molecule has 1 heterocycles. The average Bonchev–Trinajstić information content (AvgIpc) is 2.62. The largest absolute Gasteiger partial charge is 0.469 e. The van der Waals surface area contributed by atoms with Crippen molar-refractivity contribution in [1.82, 2.24) is 0 Å². The van der Waals surface area contributed by atoms with Gasteiger partial charge < -0.3 is 9.47 Å². The number of hydrogen-bond acceptors (Lipinski definition) is 3. The zero-order chi connectivity index (χ0) is 11.3. The molecule has 0 amide bonds. The first-order chi connectivity index (χ1) is 7.13. The molecule has 1 unspecified atom stereocenters. The Morgan fingerprint density at radius 3 is 3.07 bits per heavy atom. The maximum absolute atomic E-state index is 11.1. The Bertz CT molecular complexity index is 313. The van der Waals surface area contributed by atoms with Crippen molar-refractivity contribution in [1.29, 1.82) is 0 Å². The number of allylic oxidation sites excluding steroid dienone is 3. The van der Waals surface area contributed by atoms with Crippen LogP contribution in [0.2, 0.25) is 0 Å². The molecule has 0 saturated carbocycles. The summed E-state index contributed by atoms with van der Waals surface area (Å²) in [6.45, 7) is 5.76. The van der Waals surface area contributed by atoms with Crippen molar-refractivity contribution in [3.8, 4) is 0 Å². The van der Waals surface area contributed by atoms with E-state index in [4.69, 9.17) is 4.74 Å². The fraction of sp³-hybridized carbons (Fsp3) is 0.417. The van der Waals surface area contributed by atoms with E-state index in [1.807, 2.05) is 19.1 Å². The molecule has 0 aromatic rings. The SMILES string of the molecule is C=C(C)CC=C1OC=CC1CC(=O)OC. The molecule has 0 saturated heterocycles. The van der Waals surface area contributed by atoms with E-state index in [0.29, 0.717) is 6.42 Å².